The van der Waals surface area contributed by atoms with E-state index in [0.29, 0.717) is 45.5 Å². The zero-order chi connectivity index (χ0) is 35.7. The summed E-state index contributed by atoms with van der Waals surface area (Å²) in [6.45, 7) is 5.10. The zero-order valence-electron chi connectivity index (χ0n) is 28.1. The number of halogens is 1. The Balaban J connectivity index is 1.63. The third kappa shape index (κ3) is 9.86. The molecule has 3 aromatic carbocycles. The number of carbonyl (C=O) groups is 4. The van der Waals surface area contributed by atoms with Crippen molar-refractivity contribution >= 4 is 41.0 Å². The molecule has 0 bridgehead atoms. The number of amides is 2. The topological polar surface area (TPSA) is 150 Å². The Morgan fingerprint density at radius 1 is 1.02 bits per heavy atom. The van der Waals surface area contributed by atoms with Gasteiger partial charge in [0.05, 0.1) is 27.2 Å². The van der Waals surface area contributed by atoms with Gasteiger partial charge in [-0.15, -0.1) is 0 Å². The standard InChI is InChI=1S/C36H41ClN2O10/c1-22(40)48-21-36(2,3)20-39-28-14-11-24(37)17-27(28)33(26-7-6-8-29(45-4)34(26)46-5)49-30(35(39)44)18-31(41)38-16-15-23-9-12-25(13-10-23)47-19-32(42)43/h6-14,17,30,33H,15-16,18-21H2,1-5H3,(H,38,41)(H,42,43)/t30-,33-/m1/s1. The van der Waals surface area contributed by atoms with Crippen LogP contribution in [0.2, 0.25) is 5.02 Å². The maximum absolute atomic E-state index is 14.4. The van der Waals surface area contributed by atoms with Crippen LogP contribution < -0.4 is 24.4 Å². The molecule has 3 aromatic rings. The fourth-order valence-electron chi connectivity index (χ4n) is 5.48. The van der Waals surface area contributed by atoms with Gasteiger partial charge in [-0.1, -0.05) is 49.7 Å². The summed E-state index contributed by atoms with van der Waals surface area (Å²) in [4.78, 5) is 51.7. The Kier molecular flexibility index (Phi) is 12.5. The Morgan fingerprint density at radius 3 is 2.41 bits per heavy atom. The number of ether oxygens (including phenoxy) is 5. The minimum Gasteiger partial charge on any atom is -0.493 e. The van der Waals surface area contributed by atoms with Gasteiger partial charge in [0.2, 0.25) is 5.91 Å². The first kappa shape index (κ1) is 37.0. The molecule has 262 valence electrons. The molecule has 1 heterocycles. The first-order valence-corrected chi connectivity index (χ1v) is 16.0. The molecule has 1 aliphatic heterocycles. The van der Waals surface area contributed by atoms with Crippen LogP contribution in [-0.4, -0.2) is 75.5 Å². The summed E-state index contributed by atoms with van der Waals surface area (Å²) < 4.78 is 28.3. The van der Waals surface area contributed by atoms with Crippen molar-refractivity contribution in [1.82, 2.24) is 5.32 Å². The lowest BCUT2D eigenvalue weighted by Crippen LogP contribution is -2.47. The molecule has 0 spiro atoms. The second-order valence-electron chi connectivity index (χ2n) is 12.3. The summed E-state index contributed by atoms with van der Waals surface area (Å²) in [6, 6.07) is 17.3. The summed E-state index contributed by atoms with van der Waals surface area (Å²) in [7, 11) is 3.03. The highest BCUT2D eigenvalue weighted by Crippen LogP contribution is 2.45. The SMILES string of the molecule is COc1cccc([C@H]2O[C@H](CC(=O)NCCc3ccc(OCC(=O)O)cc3)C(=O)N(CC(C)(C)COC(C)=O)c3ccc(Cl)cc32)c1OC. The molecule has 0 unspecified atom stereocenters. The second kappa shape index (κ2) is 16.5. The van der Waals surface area contributed by atoms with Gasteiger partial charge in [0.15, 0.2) is 18.1 Å². The minimum absolute atomic E-state index is 0.0564. The Labute approximate surface area is 290 Å². The number of methoxy groups -OCH3 is 2. The lowest BCUT2D eigenvalue weighted by atomic mass is 9.92. The number of hydrogen-bond acceptors (Lipinski definition) is 9. The number of anilines is 1. The van der Waals surface area contributed by atoms with Crippen molar-refractivity contribution in [3.8, 4) is 17.2 Å². The van der Waals surface area contributed by atoms with E-state index in [1.807, 2.05) is 13.8 Å². The predicted octanol–water partition coefficient (Wildman–Crippen LogP) is 4.98. The normalized spacial score (nSPS) is 15.9. The fourth-order valence-corrected chi connectivity index (χ4v) is 5.66. The van der Waals surface area contributed by atoms with Crippen LogP contribution in [0.15, 0.2) is 60.7 Å². The number of rotatable bonds is 15. The van der Waals surface area contributed by atoms with Gasteiger partial charge >= 0.3 is 11.9 Å². The van der Waals surface area contributed by atoms with E-state index in [9.17, 15) is 19.2 Å². The predicted molar refractivity (Wildman–Crippen MR) is 181 cm³/mol. The van der Waals surface area contributed by atoms with Gasteiger partial charge in [-0.2, -0.15) is 0 Å². The number of fused-ring (bicyclic) bond motifs is 1. The van der Waals surface area contributed by atoms with E-state index in [1.54, 1.807) is 65.6 Å². The molecule has 2 N–H and O–H groups in total. The van der Waals surface area contributed by atoms with Gasteiger partial charge in [0.25, 0.3) is 5.91 Å². The summed E-state index contributed by atoms with van der Waals surface area (Å²) in [5, 5.41) is 12.1. The van der Waals surface area contributed by atoms with Crippen molar-refractivity contribution in [3.05, 3.63) is 82.4 Å². The number of nitrogens with zero attached hydrogens (tertiary/aromatic N) is 1. The van der Waals surface area contributed by atoms with Crippen LogP contribution in [0.4, 0.5) is 5.69 Å². The monoisotopic (exact) mass is 696 g/mol. The number of hydrogen-bond donors (Lipinski definition) is 2. The highest BCUT2D eigenvalue weighted by atomic mass is 35.5. The summed E-state index contributed by atoms with van der Waals surface area (Å²) in [5.41, 5.74) is 1.89. The summed E-state index contributed by atoms with van der Waals surface area (Å²) in [5.74, 6) is -1.08. The van der Waals surface area contributed by atoms with E-state index < -0.39 is 48.0 Å². The average Bonchev–Trinajstić information content (AvgIpc) is 3.16. The fraction of sp³-hybridized carbons (Fsp3) is 0.389. The smallest absolute Gasteiger partial charge is 0.341 e. The van der Waals surface area contributed by atoms with Crippen LogP contribution in [-0.2, 0) is 35.1 Å². The van der Waals surface area contributed by atoms with Crippen LogP contribution >= 0.6 is 11.6 Å². The van der Waals surface area contributed by atoms with Crippen LogP contribution in [0, 0.1) is 5.41 Å². The number of benzene rings is 3. The van der Waals surface area contributed by atoms with Crippen molar-refractivity contribution in [3.63, 3.8) is 0 Å². The van der Waals surface area contributed by atoms with E-state index in [0.717, 1.165) is 5.56 Å². The molecule has 1 aliphatic rings. The molecule has 2 atom stereocenters. The molecule has 0 saturated heterocycles. The van der Waals surface area contributed by atoms with E-state index in [2.05, 4.69) is 5.32 Å². The summed E-state index contributed by atoms with van der Waals surface area (Å²) in [6.07, 6.45) is -1.91. The van der Waals surface area contributed by atoms with Gasteiger partial charge in [-0.25, -0.2) is 4.79 Å². The maximum Gasteiger partial charge on any atom is 0.341 e. The number of aliphatic carboxylic acids is 1. The largest absolute Gasteiger partial charge is 0.493 e. The average molecular weight is 697 g/mol. The zero-order valence-corrected chi connectivity index (χ0v) is 28.9. The van der Waals surface area contributed by atoms with Crippen molar-refractivity contribution in [2.75, 3.05) is 45.4 Å². The maximum atomic E-state index is 14.4. The van der Waals surface area contributed by atoms with Crippen molar-refractivity contribution in [2.45, 2.75) is 45.8 Å². The number of carbonyl (C=O) groups excluding carboxylic acids is 3. The van der Waals surface area contributed by atoms with E-state index in [1.165, 1.54) is 21.1 Å². The highest BCUT2D eigenvalue weighted by Gasteiger charge is 2.41. The Hall–Kier alpha value is -4.81. The van der Waals surface area contributed by atoms with Gasteiger partial charge in [0.1, 0.15) is 18.0 Å². The molecule has 0 saturated carbocycles. The molecule has 0 radical (unpaired) electrons. The third-order valence-electron chi connectivity index (χ3n) is 7.77. The molecule has 12 nitrogen and oxygen atoms in total. The third-order valence-corrected chi connectivity index (χ3v) is 8.00. The van der Waals surface area contributed by atoms with Gasteiger partial charge in [0, 0.05) is 47.3 Å². The van der Waals surface area contributed by atoms with Crippen LogP contribution in [0.25, 0.3) is 0 Å². The number of carboxylic acid groups (broad SMARTS) is 1. The number of para-hydroxylation sites is 1. The van der Waals surface area contributed by atoms with E-state index in [4.69, 9.17) is 40.4 Å². The molecule has 13 heteroatoms. The van der Waals surface area contributed by atoms with Gasteiger partial charge in [-0.3, -0.25) is 14.4 Å². The van der Waals surface area contributed by atoms with Gasteiger partial charge in [-0.05, 0) is 48.4 Å². The molecule has 0 fully saturated rings. The van der Waals surface area contributed by atoms with Gasteiger partial charge < -0.3 is 39.0 Å². The number of nitrogens with one attached hydrogen (secondary N) is 1. The molecule has 0 aliphatic carbocycles. The molecule has 2 amide bonds. The molecule has 49 heavy (non-hydrogen) atoms. The Bertz CT molecular complexity index is 1660. The van der Waals surface area contributed by atoms with Crippen LogP contribution in [0.5, 0.6) is 17.2 Å². The molecule has 4 rings (SSSR count). The van der Waals surface area contributed by atoms with Crippen molar-refractivity contribution in [2.24, 2.45) is 5.41 Å². The van der Waals surface area contributed by atoms with Crippen LogP contribution in [0.1, 0.15) is 50.0 Å². The first-order chi connectivity index (χ1) is 23.3. The lowest BCUT2D eigenvalue weighted by molar-refractivity contribution is -0.144. The number of carboxylic acids is 1. The van der Waals surface area contributed by atoms with Crippen molar-refractivity contribution in [1.29, 1.82) is 0 Å². The molecular weight excluding hydrogens is 656 g/mol. The van der Waals surface area contributed by atoms with E-state index >= 15 is 0 Å². The van der Waals surface area contributed by atoms with E-state index in [-0.39, 0.29) is 26.1 Å². The first-order valence-electron chi connectivity index (χ1n) is 15.6. The quantitative estimate of drug-likeness (QED) is 0.208. The molecular formula is C36H41ClN2O10. The second-order valence-corrected chi connectivity index (χ2v) is 12.7. The lowest BCUT2D eigenvalue weighted by Gasteiger charge is -2.33. The minimum atomic E-state index is -1.22. The highest BCUT2D eigenvalue weighted by molar-refractivity contribution is 6.30. The van der Waals surface area contributed by atoms with Crippen molar-refractivity contribution < 1.29 is 48.0 Å². The molecule has 0 aromatic heterocycles. The Morgan fingerprint density at radius 2 is 1.76 bits per heavy atom. The van der Waals surface area contributed by atoms with Crippen LogP contribution in [0.3, 0.4) is 0 Å². The summed E-state index contributed by atoms with van der Waals surface area (Å²) >= 11 is 6.51. The number of esters is 1.